The minimum absolute atomic E-state index is 0.907. The third-order valence-corrected chi connectivity index (χ3v) is 11.0. The Bertz CT molecular complexity index is 3160. The SMILES string of the molecule is c1ccc(-c2ccccc2-c2c3ccccc3c(-c3cccc(-c4ccc5oc6c7ccccc7c7ccccc7c6c5c4)c3)c3ccccc23)cc1. The van der Waals surface area contributed by atoms with Gasteiger partial charge in [-0.3, -0.25) is 0 Å². The number of fused-ring (bicyclic) bond motifs is 10. The Morgan fingerprint density at radius 1 is 0.264 bits per heavy atom. The molecule has 0 saturated heterocycles. The monoisotopic (exact) mass is 672 g/mol. The van der Waals surface area contributed by atoms with E-state index < -0.39 is 0 Å². The van der Waals surface area contributed by atoms with Crippen molar-refractivity contribution in [1.82, 2.24) is 0 Å². The van der Waals surface area contributed by atoms with Crippen LogP contribution in [0.1, 0.15) is 0 Å². The molecule has 1 heteroatoms. The highest BCUT2D eigenvalue weighted by molar-refractivity contribution is 6.30. The van der Waals surface area contributed by atoms with Crippen LogP contribution in [0.2, 0.25) is 0 Å². The van der Waals surface area contributed by atoms with E-state index in [1.54, 1.807) is 0 Å². The second kappa shape index (κ2) is 11.8. The number of rotatable bonds is 4. The summed E-state index contributed by atoms with van der Waals surface area (Å²) in [6, 6.07) is 70.4. The quantitative estimate of drug-likeness (QED) is 0.134. The van der Waals surface area contributed by atoms with Crippen LogP contribution in [0.5, 0.6) is 0 Å². The van der Waals surface area contributed by atoms with Crippen molar-refractivity contribution >= 4 is 65.0 Å². The van der Waals surface area contributed by atoms with E-state index >= 15 is 0 Å². The minimum atomic E-state index is 0.907. The third-order valence-electron chi connectivity index (χ3n) is 11.0. The third kappa shape index (κ3) is 4.58. The van der Waals surface area contributed by atoms with Crippen LogP contribution in [-0.4, -0.2) is 0 Å². The van der Waals surface area contributed by atoms with E-state index in [2.05, 4.69) is 194 Å². The fourth-order valence-corrected chi connectivity index (χ4v) is 8.74. The van der Waals surface area contributed by atoms with Crippen molar-refractivity contribution < 1.29 is 4.42 Å². The Hall–Kier alpha value is -6.96. The summed E-state index contributed by atoms with van der Waals surface area (Å²) in [5.74, 6) is 0. The molecule has 0 radical (unpaired) electrons. The van der Waals surface area contributed by atoms with Gasteiger partial charge in [-0.2, -0.15) is 0 Å². The molecule has 53 heavy (non-hydrogen) atoms. The van der Waals surface area contributed by atoms with E-state index in [1.165, 1.54) is 87.6 Å². The van der Waals surface area contributed by atoms with Crippen LogP contribution in [0.15, 0.2) is 199 Å². The van der Waals surface area contributed by atoms with Gasteiger partial charge in [-0.25, -0.2) is 0 Å². The van der Waals surface area contributed by atoms with Crippen LogP contribution >= 0.6 is 0 Å². The summed E-state index contributed by atoms with van der Waals surface area (Å²) < 4.78 is 6.64. The molecule has 0 aliphatic carbocycles. The molecule has 0 aliphatic heterocycles. The largest absolute Gasteiger partial charge is 0.455 e. The van der Waals surface area contributed by atoms with Gasteiger partial charge in [0.25, 0.3) is 0 Å². The molecule has 0 saturated carbocycles. The summed E-state index contributed by atoms with van der Waals surface area (Å²) in [6.07, 6.45) is 0. The molecule has 0 atom stereocenters. The lowest BCUT2D eigenvalue weighted by molar-refractivity contribution is 0.673. The van der Waals surface area contributed by atoms with E-state index in [0.717, 1.165) is 21.9 Å². The normalized spacial score (nSPS) is 11.8. The van der Waals surface area contributed by atoms with Crippen molar-refractivity contribution in [3.05, 3.63) is 194 Å². The van der Waals surface area contributed by atoms with Gasteiger partial charge in [0.2, 0.25) is 0 Å². The van der Waals surface area contributed by atoms with E-state index in [-0.39, 0.29) is 0 Å². The molecule has 0 amide bonds. The average Bonchev–Trinajstić information content (AvgIpc) is 3.63. The highest BCUT2D eigenvalue weighted by Crippen LogP contribution is 2.47. The smallest absolute Gasteiger partial charge is 0.143 e. The summed E-state index contributed by atoms with van der Waals surface area (Å²) in [7, 11) is 0. The zero-order valence-electron chi connectivity index (χ0n) is 28.9. The lowest BCUT2D eigenvalue weighted by atomic mass is 9.83. The molecule has 0 bridgehead atoms. The summed E-state index contributed by atoms with van der Waals surface area (Å²) in [5.41, 5.74) is 11.6. The molecule has 10 aromatic carbocycles. The first-order chi connectivity index (χ1) is 26.3. The van der Waals surface area contributed by atoms with Crippen LogP contribution in [-0.2, 0) is 0 Å². The predicted octanol–water partition coefficient (Wildman–Crippen LogP) is 14.9. The van der Waals surface area contributed by atoms with Gasteiger partial charge in [-0.15, -0.1) is 0 Å². The van der Waals surface area contributed by atoms with E-state index in [0.29, 0.717) is 0 Å². The van der Waals surface area contributed by atoms with Crippen molar-refractivity contribution in [3.63, 3.8) is 0 Å². The second-order valence-corrected chi connectivity index (χ2v) is 13.9. The van der Waals surface area contributed by atoms with Crippen molar-refractivity contribution in [1.29, 1.82) is 0 Å². The van der Waals surface area contributed by atoms with Gasteiger partial charge >= 0.3 is 0 Å². The Kier molecular flexibility index (Phi) is 6.62. The Morgan fingerprint density at radius 2 is 0.755 bits per heavy atom. The zero-order chi connectivity index (χ0) is 34.9. The summed E-state index contributed by atoms with van der Waals surface area (Å²) in [4.78, 5) is 0. The van der Waals surface area contributed by atoms with Crippen molar-refractivity contribution in [3.8, 4) is 44.5 Å². The van der Waals surface area contributed by atoms with Gasteiger partial charge in [-0.05, 0) is 100 Å². The topological polar surface area (TPSA) is 13.1 Å². The zero-order valence-corrected chi connectivity index (χ0v) is 28.9. The maximum absolute atomic E-state index is 6.64. The first-order valence-electron chi connectivity index (χ1n) is 18.3. The second-order valence-electron chi connectivity index (χ2n) is 13.9. The van der Waals surface area contributed by atoms with Crippen LogP contribution < -0.4 is 0 Å². The molecule has 0 unspecified atom stereocenters. The van der Waals surface area contributed by atoms with Crippen molar-refractivity contribution in [2.75, 3.05) is 0 Å². The molecule has 11 aromatic rings. The Balaban J connectivity index is 1.13. The first kappa shape index (κ1) is 29.7. The fourth-order valence-electron chi connectivity index (χ4n) is 8.74. The van der Waals surface area contributed by atoms with Gasteiger partial charge in [0.05, 0.1) is 0 Å². The number of furan rings is 1. The van der Waals surface area contributed by atoms with E-state index in [1.807, 2.05) is 0 Å². The van der Waals surface area contributed by atoms with Gasteiger partial charge in [0.15, 0.2) is 0 Å². The Morgan fingerprint density at radius 3 is 1.45 bits per heavy atom. The van der Waals surface area contributed by atoms with Gasteiger partial charge in [-0.1, -0.05) is 176 Å². The maximum Gasteiger partial charge on any atom is 0.143 e. The van der Waals surface area contributed by atoms with Crippen molar-refractivity contribution in [2.45, 2.75) is 0 Å². The number of benzene rings is 10. The molecule has 246 valence electrons. The molecule has 0 aliphatic rings. The summed E-state index contributed by atoms with van der Waals surface area (Å²) in [6.45, 7) is 0. The molecule has 1 nitrogen and oxygen atoms in total. The van der Waals surface area contributed by atoms with Crippen LogP contribution in [0, 0.1) is 0 Å². The summed E-state index contributed by atoms with van der Waals surface area (Å²) in [5, 5.41) is 12.1. The minimum Gasteiger partial charge on any atom is -0.455 e. The molecule has 0 spiro atoms. The molecule has 0 fully saturated rings. The molecule has 1 heterocycles. The maximum atomic E-state index is 6.64. The number of hydrogen-bond donors (Lipinski definition) is 0. The van der Waals surface area contributed by atoms with Gasteiger partial charge in [0.1, 0.15) is 11.2 Å². The lowest BCUT2D eigenvalue weighted by Crippen LogP contribution is -1.93. The highest BCUT2D eigenvalue weighted by Gasteiger charge is 2.20. The molecule has 1 aromatic heterocycles. The fraction of sp³-hybridized carbons (Fsp3) is 0. The van der Waals surface area contributed by atoms with E-state index in [4.69, 9.17) is 4.42 Å². The van der Waals surface area contributed by atoms with Gasteiger partial charge < -0.3 is 4.42 Å². The molecule has 11 rings (SSSR count). The molecular weight excluding hydrogens is 641 g/mol. The van der Waals surface area contributed by atoms with Crippen LogP contribution in [0.25, 0.3) is 110 Å². The lowest BCUT2D eigenvalue weighted by Gasteiger charge is -2.20. The molecular formula is C52H32O. The molecule has 0 N–H and O–H groups in total. The first-order valence-corrected chi connectivity index (χ1v) is 18.3. The Labute approximate surface area is 307 Å². The van der Waals surface area contributed by atoms with Gasteiger partial charge in [0, 0.05) is 16.2 Å². The summed E-state index contributed by atoms with van der Waals surface area (Å²) >= 11 is 0. The highest BCUT2D eigenvalue weighted by atomic mass is 16.3. The average molecular weight is 673 g/mol. The number of hydrogen-bond acceptors (Lipinski definition) is 1. The van der Waals surface area contributed by atoms with Crippen LogP contribution in [0.4, 0.5) is 0 Å². The standard InChI is InChI=1S/C52H32O/c1-2-15-33(16-3-1)37-19-4-7-22-40(37)50-44-26-11-9-24-42(44)49(43-25-10-12-27-45(43)50)36-18-14-17-34(31-36)35-29-30-48-47(32-35)51-41-23-8-5-20-38(41)39-21-6-13-28-46(39)52(51)53-48/h1-32H. The van der Waals surface area contributed by atoms with Crippen molar-refractivity contribution in [2.24, 2.45) is 0 Å². The van der Waals surface area contributed by atoms with Crippen LogP contribution in [0.3, 0.4) is 0 Å². The predicted molar refractivity (Wildman–Crippen MR) is 225 cm³/mol. The van der Waals surface area contributed by atoms with E-state index in [9.17, 15) is 0 Å².